The number of hydrogen-bond acceptors (Lipinski definition) is 2. The molecule has 0 spiro atoms. The Labute approximate surface area is 91.9 Å². The molecule has 1 aliphatic rings. The molecule has 78 valence electrons. The molecule has 0 radical (unpaired) electrons. The van der Waals surface area contributed by atoms with Gasteiger partial charge in [-0.25, -0.2) is 0 Å². The van der Waals surface area contributed by atoms with Gasteiger partial charge in [-0.05, 0) is 18.8 Å². The standard InChI is InChI=1S/C11H18N2S/c1-3-9-5-6-13(11(14)7-9)10(4-2)8-12/h9-10H,3-7H2,1-2H3. The van der Waals surface area contributed by atoms with E-state index in [0.717, 1.165) is 30.3 Å². The van der Waals surface area contributed by atoms with Gasteiger partial charge in [0.15, 0.2) is 0 Å². The minimum atomic E-state index is 0.000283. The molecule has 1 saturated heterocycles. The third-order valence-electron chi connectivity index (χ3n) is 3.05. The summed E-state index contributed by atoms with van der Waals surface area (Å²) in [5.74, 6) is 0.745. The molecular weight excluding hydrogens is 192 g/mol. The van der Waals surface area contributed by atoms with Crippen molar-refractivity contribution in [2.45, 2.75) is 45.6 Å². The van der Waals surface area contributed by atoms with Crippen molar-refractivity contribution in [3.63, 3.8) is 0 Å². The number of likely N-dealkylation sites (tertiary alicyclic amines) is 1. The summed E-state index contributed by atoms with van der Waals surface area (Å²) in [6, 6.07) is 2.32. The molecule has 2 atom stereocenters. The van der Waals surface area contributed by atoms with E-state index in [-0.39, 0.29) is 6.04 Å². The Morgan fingerprint density at radius 3 is 2.79 bits per heavy atom. The number of nitrogens with zero attached hydrogens (tertiary/aromatic N) is 2. The first-order valence-electron chi connectivity index (χ1n) is 5.42. The molecule has 1 aliphatic heterocycles. The van der Waals surface area contributed by atoms with Crippen LogP contribution in [0.3, 0.4) is 0 Å². The normalized spacial score (nSPS) is 24.5. The fourth-order valence-electron chi connectivity index (χ4n) is 1.97. The van der Waals surface area contributed by atoms with E-state index in [1.165, 1.54) is 12.8 Å². The van der Waals surface area contributed by atoms with Crippen LogP contribution in [0.5, 0.6) is 0 Å². The monoisotopic (exact) mass is 210 g/mol. The van der Waals surface area contributed by atoms with E-state index in [1.807, 2.05) is 6.92 Å². The largest absolute Gasteiger partial charge is 0.350 e. The van der Waals surface area contributed by atoms with Crippen LogP contribution in [-0.4, -0.2) is 22.5 Å². The van der Waals surface area contributed by atoms with Gasteiger partial charge in [0.2, 0.25) is 0 Å². The molecule has 0 aliphatic carbocycles. The number of nitriles is 1. The maximum atomic E-state index is 8.97. The number of hydrogen-bond donors (Lipinski definition) is 0. The van der Waals surface area contributed by atoms with Gasteiger partial charge < -0.3 is 4.90 Å². The lowest BCUT2D eigenvalue weighted by atomic mass is 9.93. The van der Waals surface area contributed by atoms with Gasteiger partial charge in [-0.2, -0.15) is 5.26 Å². The van der Waals surface area contributed by atoms with Crippen molar-refractivity contribution in [3.8, 4) is 6.07 Å². The zero-order valence-electron chi connectivity index (χ0n) is 8.99. The molecule has 0 bridgehead atoms. The van der Waals surface area contributed by atoms with E-state index in [9.17, 15) is 0 Å². The van der Waals surface area contributed by atoms with Crippen LogP contribution in [0, 0.1) is 17.2 Å². The Morgan fingerprint density at radius 2 is 2.36 bits per heavy atom. The molecule has 0 N–H and O–H groups in total. The van der Waals surface area contributed by atoms with Crippen LogP contribution >= 0.6 is 12.2 Å². The van der Waals surface area contributed by atoms with E-state index in [1.54, 1.807) is 0 Å². The van der Waals surface area contributed by atoms with Crippen molar-refractivity contribution in [1.82, 2.24) is 4.90 Å². The average molecular weight is 210 g/mol. The second-order valence-corrected chi connectivity index (χ2v) is 4.38. The summed E-state index contributed by atoms with van der Waals surface area (Å²) in [6.07, 6.45) is 4.27. The topological polar surface area (TPSA) is 27.0 Å². The maximum absolute atomic E-state index is 8.97. The van der Waals surface area contributed by atoms with Gasteiger partial charge >= 0.3 is 0 Å². The van der Waals surface area contributed by atoms with Crippen LogP contribution in [-0.2, 0) is 0 Å². The summed E-state index contributed by atoms with van der Waals surface area (Å²) < 4.78 is 0. The predicted molar refractivity (Wildman–Crippen MR) is 62.0 cm³/mol. The number of piperidine rings is 1. The molecule has 0 aromatic rings. The average Bonchev–Trinajstić information content (AvgIpc) is 2.22. The van der Waals surface area contributed by atoms with Crippen LogP contribution in [0.15, 0.2) is 0 Å². The van der Waals surface area contributed by atoms with Crippen LogP contribution < -0.4 is 0 Å². The third-order valence-corrected chi connectivity index (χ3v) is 3.45. The van der Waals surface area contributed by atoms with Gasteiger partial charge in [0.05, 0.1) is 11.1 Å². The molecule has 1 fully saturated rings. The lowest BCUT2D eigenvalue weighted by Gasteiger charge is -2.36. The summed E-state index contributed by atoms with van der Waals surface area (Å²) >= 11 is 5.35. The van der Waals surface area contributed by atoms with Gasteiger partial charge in [-0.3, -0.25) is 0 Å². The minimum absolute atomic E-state index is 0.000283. The van der Waals surface area contributed by atoms with Crippen LogP contribution in [0.4, 0.5) is 0 Å². The lowest BCUT2D eigenvalue weighted by Crippen LogP contribution is -2.43. The summed E-state index contributed by atoms with van der Waals surface area (Å²) in [4.78, 5) is 3.11. The molecule has 2 nitrogen and oxygen atoms in total. The molecule has 1 heterocycles. The van der Waals surface area contributed by atoms with Gasteiger partial charge in [0, 0.05) is 13.0 Å². The van der Waals surface area contributed by atoms with Crippen molar-refractivity contribution in [1.29, 1.82) is 5.26 Å². The summed E-state index contributed by atoms with van der Waals surface area (Å²) in [5, 5.41) is 8.97. The predicted octanol–water partition coefficient (Wildman–Crippen LogP) is 2.74. The first kappa shape index (κ1) is 11.5. The molecule has 14 heavy (non-hydrogen) atoms. The first-order valence-corrected chi connectivity index (χ1v) is 5.82. The van der Waals surface area contributed by atoms with Gasteiger partial charge in [-0.1, -0.05) is 32.5 Å². The molecule has 1 rings (SSSR count). The highest BCUT2D eigenvalue weighted by Gasteiger charge is 2.26. The minimum Gasteiger partial charge on any atom is -0.350 e. The Hall–Kier alpha value is -0.620. The maximum Gasteiger partial charge on any atom is 0.117 e. The van der Waals surface area contributed by atoms with E-state index in [4.69, 9.17) is 17.5 Å². The van der Waals surface area contributed by atoms with Crippen LogP contribution in [0.25, 0.3) is 0 Å². The zero-order valence-corrected chi connectivity index (χ0v) is 9.81. The van der Waals surface area contributed by atoms with Crippen molar-refractivity contribution in [3.05, 3.63) is 0 Å². The highest BCUT2D eigenvalue weighted by Crippen LogP contribution is 2.24. The lowest BCUT2D eigenvalue weighted by molar-refractivity contribution is 0.281. The Balaban J connectivity index is 2.58. The fourth-order valence-corrected chi connectivity index (χ4v) is 2.43. The Morgan fingerprint density at radius 1 is 1.64 bits per heavy atom. The van der Waals surface area contributed by atoms with E-state index >= 15 is 0 Å². The molecule has 0 amide bonds. The highest BCUT2D eigenvalue weighted by molar-refractivity contribution is 7.80. The smallest absolute Gasteiger partial charge is 0.117 e. The van der Waals surface area contributed by atoms with Gasteiger partial charge in [0.1, 0.15) is 6.04 Å². The molecule has 0 saturated carbocycles. The number of thiocarbonyl (C=S) groups is 1. The van der Waals surface area contributed by atoms with Gasteiger partial charge in [-0.15, -0.1) is 0 Å². The second kappa shape index (κ2) is 5.31. The highest BCUT2D eigenvalue weighted by atomic mass is 32.1. The third kappa shape index (κ3) is 2.45. The van der Waals surface area contributed by atoms with E-state index in [0.29, 0.717) is 0 Å². The molecule has 0 aromatic carbocycles. The fraction of sp³-hybridized carbons (Fsp3) is 0.818. The zero-order chi connectivity index (χ0) is 10.6. The summed E-state index contributed by atoms with van der Waals surface area (Å²) in [6.45, 7) is 5.23. The van der Waals surface area contributed by atoms with E-state index in [2.05, 4.69) is 17.9 Å². The van der Waals surface area contributed by atoms with Gasteiger partial charge in [0.25, 0.3) is 0 Å². The van der Waals surface area contributed by atoms with Crippen LogP contribution in [0.1, 0.15) is 39.5 Å². The summed E-state index contributed by atoms with van der Waals surface area (Å²) in [5.41, 5.74) is 0. The van der Waals surface area contributed by atoms with E-state index < -0.39 is 0 Å². The first-order chi connectivity index (χ1) is 6.72. The Kier molecular flexibility index (Phi) is 4.34. The Bertz CT molecular complexity index is 244. The molecule has 0 aromatic heterocycles. The molecule has 3 heteroatoms. The van der Waals surface area contributed by atoms with Crippen molar-refractivity contribution >= 4 is 17.2 Å². The molecule has 2 unspecified atom stereocenters. The van der Waals surface area contributed by atoms with Crippen molar-refractivity contribution in [2.24, 2.45) is 5.92 Å². The quantitative estimate of drug-likeness (QED) is 0.670. The van der Waals surface area contributed by atoms with Crippen LogP contribution in [0.2, 0.25) is 0 Å². The van der Waals surface area contributed by atoms with Crippen molar-refractivity contribution < 1.29 is 0 Å². The van der Waals surface area contributed by atoms with Crippen molar-refractivity contribution in [2.75, 3.05) is 6.54 Å². The molecular formula is C11H18N2S. The second-order valence-electron chi connectivity index (χ2n) is 3.91. The number of rotatable bonds is 3. The SMILES string of the molecule is CCC1CCN(C(C#N)CC)C(=S)C1. The summed E-state index contributed by atoms with van der Waals surface area (Å²) in [7, 11) is 0.